The van der Waals surface area contributed by atoms with E-state index in [0.29, 0.717) is 6.04 Å². The molecule has 3 aromatic rings. The Morgan fingerprint density at radius 3 is 2.94 bits per heavy atom. The van der Waals surface area contributed by atoms with E-state index in [0.717, 1.165) is 74.0 Å². The molecule has 2 aromatic heterocycles. The highest BCUT2D eigenvalue weighted by Crippen LogP contribution is 2.24. The van der Waals surface area contributed by atoms with Crippen LogP contribution >= 0.6 is 24.0 Å². The van der Waals surface area contributed by atoms with Crippen molar-refractivity contribution in [3.63, 3.8) is 0 Å². The van der Waals surface area contributed by atoms with Gasteiger partial charge in [0.2, 0.25) is 0 Å². The average Bonchev–Trinajstić information content (AvgIpc) is 3.19. The first kappa shape index (κ1) is 24.2. The van der Waals surface area contributed by atoms with E-state index in [1.165, 1.54) is 0 Å². The summed E-state index contributed by atoms with van der Waals surface area (Å²) in [4.78, 5) is 6.72. The molecule has 3 heterocycles. The van der Waals surface area contributed by atoms with Crippen molar-refractivity contribution in [3.8, 4) is 0 Å². The number of aromatic nitrogens is 3. The van der Waals surface area contributed by atoms with E-state index >= 15 is 0 Å². The van der Waals surface area contributed by atoms with Crippen molar-refractivity contribution in [1.29, 1.82) is 0 Å². The van der Waals surface area contributed by atoms with E-state index in [-0.39, 0.29) is 29.8 Å². The molecule has 1 aromatic carbocycles. The second kappa shape index (κ2) is 11.4. The van der Waals surface area contributed by atoms with E-state index in [1.807, 2.05) is 41.8 Å². The number of hydrogen-bond acceptors (Lipinski definition) is 4. The van der Waals surface area contributed by atoms with Gasteiger partial charge in [0.15, 0.2) is 11.6 Å². The summed E-state index contributed by atoms with van der Waals surface area (Å²) in [6.07, 6.45) is 5.95. The van der Waals surface area contributed by atoms with Crippen LogP contribution in [0.4, 0.5) is 10.1 Å². The number of rotatable bonds is 6. The van der Waals surface area contributed by atoms with Gasteiger partial charge in [0.05, 0.1) is 0 Å². The van der Waals surface area contributed by atoms with E-state index in [4.69, 9.17) is 0 Å². The first-order chi connectivity index (χ1) is 15.1. The van der Waals surface area contributed by atoms with Crippen molar-refractivity contribution in [1.82, 2.24) is 25.2 Å². The molecule has 0 spiro atoms. The van der Waals surface area contributed by atoms with E-state index < -0.39 is 0 Å². The van der Waals surface area contributed by atoms with Crippen LogP contribution < -0.4 is 15.5 Å². The van der Waals surface area contributed by atoms with Crippen molar-refractivity contribution >= 4 is 41.3 Å². The van der Waals surface area contributed by atoms with E-state index in [1.54, 1.807) is 19.2 Å². The molecule has 1 unspecified atom stereocenters. The Morgan fingerprint density at radius 2 is 2.12 bits per heavy atom. The molecule has 1 aliphatic rings. The molecule has 1 aliphatic heterocycles. The number of pyridine rings is 1. The molecule has 7 nitrogen and oxygen atoms in total. The van der Waals surface area contributed by atoms with E-state index in [9.17, 15) is 4.39 Å². The van der Waals surface area contributed by atoms with Gasteiger partial charge in [-0.3, -0.25) is 9.39 Å². The van der Waals surface area contributed by atoms with Crippen LogP contribution in [-0.4, -0.2) is 53.3 Å². The summed E-state index contributed by atoms with van der Waals surface area (Å²) in [7, 11) is 1.80. The van der Waals surface area contributed by atoms with Crippen molar-refractivity contribution in [2.75, 3.05) is 31.6 Å². The van der Waals surface area contributed by atoms with Crippen molar-refractivity contribution < 1.29 is 4.39 Å². The molecule has 0 radical (unpaired) electrons. The molecule has 9 heteroatoms. The molecule has 1 saturated heterocycles. The maximum atomic E-state index is 13.5. The van der Waals surface area contributed by atoms with Crippen molar-refractivity contribution in [2.24, 2.45) is 4.99 Å². The molecule has 0 saturated carbocycles. The Bertz CT molecular complexity index is 1050. The summed E-state index contributed by atoms with van der Waals surface area (Å²) in [6, 6.07) is 11.2. The molecule has 0 bridgehead atoms. The quantitative estimate of drug-likeness (QED) is 0.212. The number of benzene rings is 1. The Morgan fingerprint density at radius 1 is 1.25 bits per heavy atom. The lowest BCUT2D eigenvalue weighted by Crippen LogP contribution is -2.51. The molecule has 0 aliphatic carbocycles. The summed E-state index contributed by atoms with van der Waals surface area (Å²) >= 11 is 0. The zero-order chi connectivity index (χ0) is 21.6. The maximum absolute atomic E-state index is 13.5. The summed E-state index contributed by atoms with van der Waals surface area (Å²) < 4.78 is 15.5. The Balaban J connectivity index is 0.00000289. The zero-order valence-electron chi connectivity index (χ0n) is 18.6. The first-order valence-corrected chi connectivity index (χ1v) is 10.9. The first-order valence-electron chi connectivity index (χ1n) is 10.9. The van der Waals surface area contributed by atoms with Crippen LogP contribution in [0.15, 0.2) is 47.6 Å². The van der Waals surface area contributed by atoms with Gasteiger partial charge in [0.25, 0.3) is 0 Å². The van der Waals surface area contributed by atoms with Gasteiger partial charge in [-0.15, -0.1) is 34.2 Å². The maximum Gasteiger partial charge on any atom is 0.191 e. The Kier molecular flexibility index (Phi) is 8.66. The highest BCUT2D eigenvalue weighted by molar-refractivity contribution is 14.0. The monoisotopic (exact) mass is 551 g/mol. The predicted octanol–water partition coefficient (Wildman–Crippen LogP) is 3.56. The topological polar surface area (TPSA) is 69.8 Å². The van der Waals surface area contributed by atoms with Gasteiger partial charge in [-0.2, -0.15) is 0 Å². The SMILES string of the molecule is CN=C(NCCCc1nnc2ccccn12)NC1CCCN(c2ccc(F)cc2C)C1.I. The minimum absolute atomic E-state index is 0. The van der Waals surface area contributed by atoms with Gasteiger partial charge in [0.1, 0.15) is 11.6 Å². The van der Waals surface area contributed by atoms with Crippen LogP contribution in [0, 0.1) is 12.7 Å². The number of anilines is 1. The van der Waals surface area contributed by atoms with Crippen LogP contribution in [0.3, 0.4) is 0 Å². The largest absolute Gasteiger partial charge is 0.369 e. The predicted molar refractivity (Wildman–Crippen MR) is 138 cm³/mol. The molecular weight excluding hydrogens is 520 g/mol. The molecule has 172 valence electrons. The summed E-state index contributed by atoms with van der Waals surface area (Å²) in [5, 5.41) is 15.4. The number of piperidine rings is 1. The fourth-order valence-electron chi connectivity index (χ4n) is 4.19. The number of aliphatic imine (C=N–C) groups is 1. The minimum Gasteiger partial charge on any atom is -0.369 e. The molecule has 1 atom stereocenters. The lowest BCUT2D eigenvalue weighted by Gasteiger charge is -2.36. The van der Waals surface area contributed by atoms with Crippen LogP contribution in [-0.2, 0) is 6.42 Å². The highest BCUT2D eigenvalue weighted by atomic mass is 127. The fourth-order valence-corrected chi connectivity index (χ4v) is 4.19. The summed E-state index contributed by atoms with van der Waals surface area (Å²) in [6.45, 7) is 4.63. The zero-order valence-corrected chi connectivity index (χ0v) is 20.9. The smallest absolute Gasteiger partial charge is 0.191 e. The lowest BCUT2D eigenvalue weighted by molar-refractivity contribution is 0.467. The second-order valence-corrected chi connectivity index (χ2v) is 8.01. The minimum atomic E-state index is -0.184. The van der Waals surface area contributed by atoms with Gasteiger partial charge in [0, 0.05) is 51.0 Å². The Hall–Kier alpha value is -2.43. The van der Waals surface area contributed by atoms with Gasteiger partial charge >= 0.3 is 0 Å². The number of hydrogen-bond donors (Lipinski definition) is 2. The molecule has 4 rings (SSSR count). The number of aryl methyl sites for hydroxylation is 2. The third-order valence-corrected chi connectivity index (χ3v) is 5.74. The third-order valence-electron chi connectivity index (χ3n) is 5.74. The molecule has 2 N–H and O–H groups in total. The molecule has 0 amide bonds. The van der Waals surface area contributed by atoms with E-state index in [2.05, 4.69) is 30.7 Å². The van der Waals surface area contributed by atoms with Gasteiger partial charge in [-0.05, 0) is 62.1 Å². The number of guanidine groups is 1. The standard InChI is InChI=1S/C23H30FN7.HI/c1-17-15-18(24)10-11-20(17)30-13-6-7-19(16-30)27-23(25-2)26-12-5-9-22-29-28-21-8-3-4-14-31(21)22;/h3-4,8,10-11,14-15,19H,5-7,9,12-13,16H2,1-2H3,(H2,25,26,27);1H. The Labute approximate surface area is 205 Å². The van der Waals surface area contributed by atoms with Crippen LogP contribution in [0.1, 0.15) is 30.7 Å². The fraction of sp³-hybridized carbons (Fsp3) is 0.435. The number of halogens is 2. The van der Waals surface area contributed by atoms with Gasteiger partial charge in [-0.25, -0.2) is 4.39 Å². The highest BCUT2D eigenvalue weighted by Gasteiger charge is 2.22. The average molecular weight is 551 g/mol. The number of nitrogens with one attached hydrogen (secondary N) is 2. The second-order valence-electron chi connectivity index (χ2n) is 8.01. The van der Waals surface area contributed by atoms with Gasteiger partial charge in [-0.1, -0.05) is 6.07 Å². The number of nitrogens with zero attached hydrogens (tertiary/aromatic N) is 5. The van der Waals surface area contributed by atoms with Crippen LogP contribution in [0.25, 0.3) is 5.65 Å². The molecule has 32 heavy (non-hydrogen) atoms. The molecule has 1 fully saturated rings. The lowest BCUT2D eigenvalue weighted by atomic mass is 10.0. The summed E-state index contributed by atoms with van der Waals surface area (Å²) in [5.41, 5.74) is 2.96. The van der Waals surface area contributed by atoms with Gasteiger partial charge < -0.3 is 15.5 Å². The third kappa shape index (κ3) is 5.87. The van der Waals surface area contributed by atoms with Crippen molar-refractivity contribution in [3.05, 3.63) is 59.8 Å². The normalized spacial score (nSPS) is 16.7. The van der Waals surface area contributed by atoms with Crippen molar-refractivity contribution in [2.45, 2.75) is 38.6 Å². The molecular formula is C23H31FIN7. The number of fused-ring (bicyclic) bond motifs is 1. The van der Waals surface area contributed by atoms with Crippen LogP contribution in [0.2, 0.25) is 0 Å². The van der Waals surface area contributed by atoms with Crippen LogP contribution in [0.5, 0.6) is 0 Å². The summed E-state index contributed by atoms with van der Waals surface area (Å²) in [5.74, 6) is 1.60.